The summed E-state index contributed by atoms with van der Waals surface area (Å²) in [6.07, 6.45) is 10.7. The third kappa shape index (κ3) is 11.9. The van der Waals surface area contributed by atoms with Crippen LogP contribution in [0.2, 0.25) is 0 Å². The number of allylic oxidation sites excluding steroid dienone is 4. The minimum atomic E-state index is -3.23. The molecule has 1 aromatic rings. The average Bonchev–Trinajstić information content (AvgIpc) is 3.89. The molecule has 1 fully saturated rings. The number of aliphatic imine (C=N–C) groups is 3. The molecule has 0 radical (unpaired) electrons. The van der Waals surface area contributed by atoms with Crippen molar-refractivity contribution in [1.82, 2.24) is 0 Å². The molecule has 10 heteroatoms. The predicted molar refractivity (Wildman–Crippen MR) is 191 cm³/mol. The van der Waals surface area contributed by atoms with E-state index >= 15 is 4.39 Å². The van der Waals surface area contributed by atoms with Crippen LogP contribution in [0.3, 0.4) is 0 Å². The van der Waals surface area contributed by atoms with E-state index in [-0.39, 0.29) is 29.6 Å². The summed E-state index contributed by atoms with van der Waals surface area (Å²) in [5, 5.41) is 0. The third-order valence-electron chi connectivity index (χ3n) is 7.69. The number of ether oxygens (including phenoxy) is 3. The summed E-state index contributed by atoms with van der Waals surface area (Å²) in [4.78, 5) is 13.6. The van der Waals surface area contributed by atoms with Crippen LogP contribution in [0.4, 0.5) is 13.2 Å². The topological polar surface area (TPSA) is 64.8 Å². The molecule has 6 nitrogen and oxygen atoms in total. The van der Waals surface area contributed by atoms with Gasteiger partial charge in [-0.05, 0) is 74.1 Å². The number of benzene rings is 1. The van der Waals surface area contributed by atoms with Crippen molar-refractivity contribution in [2.75, 3.05) is 14.2 Å². The van der Waals surface area contributed by atoms with Gasteiger partial charge in [0.15, 0.2) is 11.5 Å². The molecular weight excluding hydrogens is 622 g/mol. The lowest BCUT2D eigenvalue weighted by atomic mass is 9.94. The Morgan fingerprint density at radius 2 is 1.83 bits per heavy atom. The molecule has 0 aromatic heterocycles. The standard InChI is InChI=1S/C37H51F3N3O3P/c1-10-14-20-41-36(45-9)34(25(6)28-17-18-28)31(15-11-2)42-22-32(44-8)26(7)46-23-27-16-19-29(30(38)21-27)35(24(5)12-3)43-33(13-4)37(39,40)47/h13,16,19-22,24,28H,6-7,10-12,14-15,17-18,23,47H2,1-5,8-9H3/b32-22+,33-13-,36-34-,41-20-,42-31-,43-35?. The van der Waals surface area contributed by atoms with Crippen molar-refractivity contribution in [1.29, 1.82) is 0 Å². The van der Waals surface area contributed by atoms with Crippen LogP contribution >= 0.6 is 9.24 Å². The SMILES string of the molecule is C=C(OCc1ccc(C(=N/C(=C\C)C(F)(F)P)C(C)CC)c(F)c1)\C(=C/N=C(CCC)\C(C(=C)C1CC1)=C(\N=C/CCC)OC)OC. The summed E-state index contributed by atoms with van der Waals surface area (Å²) in [6, 6.07) is 4.53. The molecule has 0 spiro atoms. The lowest BCUT2D eigenvalue weighted by Crippen LogP contribution is -2.17. The highest BCUT2D eigenvalue weighted by atomic mass is 31.0. The highest BCUT2D eigenvalue weighted by Gasteiger charge is 2.31. The summed E-state index contributed by atoms with van der Waals surface area (Å²) in [5.41, 5.74) is -0.193. The first kappa shape index (κ1) is 39.7. The van der Waals surface area contributed by atoms with Gasteiger partial charge in [-0.1, -0.05) is 75.1 Å². The first-order valence-electron chi connectivity index (χ1n) is 16.2. The van der Waals surface area contributed by atoms with Gasteiger partial charge in [-0.3, -0.25) is 9.98 Å². The van der Waals surface area contributed by atoms with Crippen molar-refractivity contribution in [3.63, 3.8) is 0 Å². The number of hydrogen-bond donors (Lipinski definition) is 0. The second-order valence-electron chi connectivity index (χ2n) is 11.4. The largest absolute Gasteiger partial charge is 0.491 e. The van der Waals surface area contributed by atoms with Crippen LogP contribution in [0.1, 0.15) is 90.7 Å². The lowest BCUT2D eigenvalue weighted by molar-refractivity contribution is 0.145. The molecule has 1 aliphatic rings. The summed E-state index contributed by atoms with van der Waals surface area (Å²) in [6.45, 7) is 17.7. The van der Waals surface area contributed by atoms with Gasteiger partial charge in [-0.15, -0.1) is 0 Å². The zero-order valence-electron chi connectivity index (χ0n) is 29.0. The Balaban J connectivity index is 2.37. The van der Waals surface area contributed by atoms with Gasteiger partial charge in [-0.25, -0.2) is 9.38 Å². The Morgan fingerprint density at radius 1 is 1.13 bits per heavy atom. The molecule has 2 unspecified atom stereocenters. The molecule has 0 N–H and O–H groups in total. The number of nitrogens with zero attached hydrogens (tertiary/aromatic N) is 3. The minimum absolute atomic E-state index is 0.00847. The molecule has 1 aromatic carbocycles. The van der Waals surface area contributed by atoms with E-state index in [1.54, 1.807) is 25.4 Å². The van der Waals surface area contributed by atoms with Crippen molar-refractivity contribution in [2.45, 2.75) is 91.8 Å². The average molecular weight is 674 g/mol. The molecule has 2 rings (SSSR count). The highest BCUT2D eigenvalue weighted by Crippen LogP contribution is 2.41. The fourth-order valence-corrected chi connectivity index (χ4v) is 4.86. The molecule has 2 atom stereocenters. The molecule has 0 amide bonds. The van der Waals surface area contributed by atoms with Crippen molar-refractivity contribution >= 4 is 26.9 Å². The van der Waals surface area contributed by atoms with Gasteiger partial charge in [0.05, 0.1) is 37.4 Å². The van der Waals surface area contributed by atoms with Crippen molar-refractivity contribution < 1.29 is 27.4 Å². The smallest absolute Gasteiger partial charge is 0.299 e. The zero-order valence-corrected chi connectivity index (χ0v) is 30.1. The van der Waals surface area contributed by atoms with E-state index in [9.17, 15) is 8.78 Å². The van der Waals surface area contributed by atoms with Crippen LogP contribution in [0.25, 0.3) is 0 Å². The fourth-order valence-electron chi connectivity index (χ4n) is 4.63. The number of rotatable bonds is 20. The maximum atomic E-state index is 15.4. The second-order valence-corrected chi connectivity index (χ2v) is 12.2. The predicted octanol–water partition coefficient (Wildman–Crippen LogP) is 10.5. The van der Waals surface area contributed by atoms with Gasteiger partial charge in [0.25, 0.3) is 5.66 Å². The fraction of sp³-hybridized carbons (Fsp3) is 0.486. The number of hydrogen-bond acceptors (Lipinski definition) is 6. The first-order valence-corrected chi connectivity index (χ1v) is 16.8. The number of halogens is 3. The maximum absolute atomic E-state index is 15.4. The van der Waals surface area contributed by atoms with E-state index in [0.29, 0.717) is 36.0 Å². The quantitative estimate of drug-likeness (QED) is 0.0599. The molecule has 47 heavy (non-hydrogen) atoms. The third-order valence-corrected chi connectivity index (χ3v) is 7.99. The van der Waals surface area contributed by atoms with E-state index in [1.807, 2.05) is 20.1 Å². The van der Waals surface area contributed by atoms with E-state index < -0.39 is 17.2 Å². The highest BCUT2D eigenvalue weighted by molar-refractivity contribution is 7.18. The Morgan fingerprint density at radius 3 is 2.34 bits per heavy atom. The van der Waals surface area contributed by atoms with Gasteiger partial charge >= 0.3 is 0 Å². The van der Waals surface area contributed by atoms with Crippen LogP contribution in [0.15, 0.2) is 92.9 Å². The molecule has 1 saturated carbocycles. The van der Waals surface area contributed by atoms with Crippen LogP contribution < -0.4 is 0 Å². The van der Waals surface area contributed by atoms with Crippen molar-refractivity contribution in [3.8, 4) is 0 Å². The molecular formula is C37H51F3N3O3P. The molecule has 0 heterocycles. The minimum Gasteiger partial charge on any atom is -0.491 e. The van der Waals surface area contributed by atoms with Gasteiger partial charge in [0, 0.05) is 11.8 Å². The van der Waals surface area contributed by atoms with Gasteiger partial charge in [0.2, 0.25) is 5.88 Å². The normalized spacial score (nSPS) is 16.2. The molecule has 258 valence electrons. The Hall–Kier alpha value is -3.45. The molecule has 1 aliphatic carbocycles. The zero-order chi connectivity index (χ0) is 35.1. The Bertz CT molecular complexity index is 1430. The second kappa shape index (κ2) is 19.4. The van der Waals surface area contributed by atoms with E-state index in [2.05, 4.69) is 37.0 Å². The monoisotopic (exact) mass is 673 g/mol. The summed E-state index contributed by atoms with van der Waals surface area (Å²) in [7, 11) is 4.58. The van der Waals surface area contributed by atoms with E-state index in [4.69, 9.17) is 19.2 Å². The number of unbranched alkanes of at least 4 members (excludes halogenated alkanes) is 1. The summed E-state index contributed by atoms with van der Waals surface area (Å²) in [5.74, 6) is 0.531. The number of alkyl halides is 2. The van der Waals surface area contributed by atoms with Crippen LogP contribution in [0.5, 0.6) is 0 Å². The Kier molecular flexibility index (Phi) is 16.4. The van der Waals surface area contributed by atoms with E-state index in [1.165, 1.54) is 35.4 Å². The Labute approximate surface area is 281 Å². The molecule has 0 bridgehead atoms. The van der Waals surface area contributed by atoms with Gasteiger partial charge in [-0.2, -0.15) is 8.78 Å². The van der Waals surface area contributed by atoms with Crippen molar-refractivity contribution in [2.24, 2.45) is 26.8 Å². The van der Waals surface area contributed by atoms with Crippen molar-refractivity contribution in [3.05, 3.63) is 94.8 Å². The van der Waals surface area contributed by atoms with Crippen LogP contribution in [-0.4, -0.2) is 37.5 Å². The van der Waals surface area contributed by atoms with Gasteiger partial charge < -0.3 is 14.2 Å². The van der Waals surface area contributed by atoms with Gasteiger partial charge in [0.1, 0.15) is 18.1 Å². The summed E-state index contributed by atoms with van der Waals surface area (Å²) >= 11 is 0. The first-order chi connectivity index (χ1) is 22.4. The summed E-state index contributed by atoms with van der Waals surface area (Å²) < 4.78 is 60.7. The van der Waals surface area contributed by atoms with Crippen LogP contribution in [0, 0.1) is 17.7 Å². The van der Waals surface area contributed by atoms with E-state index in [0.717, 1.165) is 49.0 Å². The molecule has 0 aliphatic heterocycles. The lowest BCUT2D eigenvalue weighted by Gasteiger charge is -2.18. The molecule has 0 saturated heterocycles. The maximum Gasteiger partial charge on any atom is 0.299 e. The van der Waals surface area contributed by atoms with Crippen LogP contribution in [-0.2, 0) is 20.8 Å². The number of methoxy groups -OCH3 is 2.